The maximum absolute atomic E-state index is 10.6. The highest BCUT2D eigenvalue weighted by Crippen LogP contribution is 2.30. The fraction of sp³-hybridized carbons (Fsp3) is 0.889. The first-order valence-corrected chi connectivity index (χ1v) is 5.54. The lowest BCUT2D eigenvalue weighted by atomic mass is 9.92. The van der Waals surface area contributed by atoms with Gasteiger partial charge in [-0.1, -0.05) is 20.8 Å². The van der Waals surface area contributed by atoms with Gasteiger partial charge in [0.25, 0.3) is 0 Å². The lowest BCUT2D eigenvalue weighted by molar-refractivity contribution is -0.138. The van der Waals surface area contributed by atoms with Crippen LogP contribution >= 0.6 is 11.8 Å². The lowest BCUT2D eigenvalue weighted by Crippen LogP contribution is -2.37. The summed E-state index contributed by atoms with van der Waals surface area (Å²) in [6.07, 6.45) is 1.02. The van der Waals surface area contributed by atoms with Crippen LogP contribution in [-0.2, 0) is 4.79 Å². The number of carboxylic acids is 1. The van der Waals surface area contributed by atoms with Crippen molar-refractivity contribution in [2.24, 2.45) is 5.41 Å². The fourth-order valence-electron chi connectivity index (χ4n) is 1.35. The van der Waals surface area contributed by atoms with Gasteiger partial charge in [-0.25, -0.2) is 0 Å². The number of thioether (sulfide) groups is 1. The number of hydrogen-bond acceptors (Lipinski definition) is 3. The monoisotopic (exact) mass is 203 g/mol. The summed E-state index contributed by atoms with van der Waals surface area (Å²) >= 11 is 1.71. The van der Waals surface area contributed by atoms with E-state index in [1.807, 2.05) is 0 Å². The molecule has 0 amide bonds. The van der Waals surface area contributed by atoms with Gasteiger partial charge in [-0.05, 0) is 11.8 Å². The van der Waals surface area contributed by atoms with Crippen molar-refractivity contribution in [3.8, 4) is 0 Å². The van der Waals surface area contributed by atoms with Gasteiger partial charge in [-0.2, -0.15) is 0 Å². The molecule has 13 heavy (non-hydrogen) atoms. The third-order valence-electron chi connectivity index (χ3n) is 1.95. The molecule has 1 fully saturated rings. The van der Waals surface area contributed by atoms with Gasteiger partial charge in [0.15, 0.2) is 0 Å². The molecule has 0 spiro atoms. The Labute approximate surface area is 83.3 Å². The molecule has 0 saturated carbocycles. The Balaban J connectivity index is 2.38. The summed E-state index contributed by atoms with van der Waals surface area (Å²) < 4.78 is 0. The molecule has 0 aromatic rings. The first-order chi connectivity index (χ1) is 5.88. The SMILES string of the molecule is CC(C)(C)CC1NC(C(=O)O)CS1. The second kappa shape index (κ2) is 3.88. The van der Waals surface area contributed by atoms with Crippen molar-refractivity contribution in [1.29, 1.82) is 0 Å². The summed E-state index contributed by atoms with van der Waals surface area (Å²) in [5.74, 6) is -0.0419. The first-order valence-electron chi connectivity index (χ1n) is 4.49. The molecule has 2 unspecified atom stereocenters. The van der Waals surface area contributed by atoms with E-state index >= 15 is 0 Å². The first kappa shape index (κ1) is 10.9. The minimum atomic E-state index is -0.732. The van der Waals surface area contributed by atoms with Crippen molar-refractivity contribution in [2.45, 2.75) is 38.6 Å². The third kappa shape index (κ3) is 3.56. The van der Waals surface area contributed by atoms with E-state index in [2.05, 4.69) is 26.1 Å². The standard InChI is InChI=1S/C9H17NO2S/c1-9(2,3)4-7-10-6(5-13-7)8(11)12/h6-7,10H,4-5H2,1-3H3,(H,11,12). The summed E-state index contributed by atoms with van der Waals surface area (Å²) in [5, 5.41) is 12.2. The Bertz CT molecular complexity index is 200. The van der Waals surface area contributed by atoms with Crippen LogP contribution in [0.1, 0.15) is 27.2 Å². The number of hydrogen-bond donors (Lipinski definition) is 2. The van der Waals surface area contributed by atoms with Gasteiger partial charge in [-0.3, -0.25) is 10.1 Å². The van der Waals surface area contributed by atoms with E-state index in [0.717, 1.165) is 6.42 Å². The van der Waals surface area contributed by atoms with Crippen LogP contribution in [0.15, 0.2) is 0 Å². The summed E-state index contributed by atoms with van der Waals surface area (Å²) in [7, 11) is 0. The molecule has 0 bridgehead atoms. The molecule has 4 heteroatoms. The molecule has 1 aliphatic heterocycles. The average Bonchev–Trinajstić information content (AvgIpc) is 2.31. The van der Waals surface area contributed by atoms with E-state index in [-0.39, 0.29) is 11.5 Å². The van der Waals surface area contributed by atoms with Crippen molar-refractivity contribution >= 4 is 17.7 Å². The van der Waals surface area contributed by atoms with E-state index < -0.39 is 5.97 Å². The van der Waals surface area contributed by atoms with Crippen LogP contribution in [0.5, 0.6) is 0 Å². The summed E-state index contributed by atoms with van der Waals surface area (Å²) in [6, 6.07) is -0.350. The molecule has 2 N–H and O–H groups in total. The zero-order valence-corrected chi connectivity index (χ0v) is 9.15. The molecule has 1 aliphatic rings. The van der Waals surface area contributed by atoms with Crippen LogP contribution in [0.2, 0.25) is 0 Å². The molecule has 1 saturated heterocycles. The van der Waals surface area contributed by atoms with Gasteiger partial charge in [0.1, 0.15) is 6.04 Å². The van der Waals surface area contributed by atoms with Gasteiger partial charge in [-0.15, -0.1) is 11.8 Å². The highest BCUT2D eigenvalue weighted by Gasteiger charge is 2.31. The summed E-state index contributed by atoms with van der Waals surface area (Å²) in [6.45, 7) is 6.51. The van der Waals surface area contributed by atoms with Gasteiger partial charge in [0, 0.05) is 5.75 Å². The topological polar surface area (TPSA) is 49.3 Å². The van der Waals surface area contributed by atoms with E-state index in [1.54, 1.807) is 11.8 Å². The molecule has 76 valence electrons. The van der Waals surface area contributed by atoms with Crippen molar-refractivity contribution < 1.29 is 9.90 Å². The van der Waals surface area contributed by atoms with Gasteiger partial charge in [0.05, 0.1) is 5.37 Å². The number of rotatable bonds is 2. The molecule has 1 heterocycles. The van der Waals surface area contributed by atoms with Gasteiger partial charge < -0.3 is 5.11 Å². The van der Waals surface area contributed by atoms with Crippen LogP contribution < -0.4 is 5.32 Å². The van der Waals surface area contributed by atoms with Gasteiger partial charge >= 0.3 is 5.97 Å². The van der Waals surface area contributed by atoms with E-state index in [0.29, 0.717) is 11.1 Å². The number of carboxylic acid groups (broad SMARTS) is 1. The Morgan fingerprint density at radius 3 is 2.62 bits per heavy atom. The summed E-state index contributed by atoms with van der Waals surface area (Å²) in [5.41, 5.74) is 0.262. The molecule has 0 aliphatic carbocycles. The molecule has 0 aromatic heterocycles. The summed E-state index contributed by atoms with van der Waals surface area (Å²) in [4.78, 5) is 10.6. The third-order valence-corrected chi connectivity index (χ3v) is 3.18. The smallest absolute Gasteiger partial charge is 0.321 e. The molecule has 2 atom stereocenters. The van der Waals surface area contributed by atoms with Crippen molar-refractivity contribution in [3.05, 3.63) is 0 Å². The Morgan fingerprint density at radius 1 is 1.62 bits per heavy atom. The zero-order valence-electron chi connectivity index (χ0n) is 8.33. The van der Waals surface area contributed by atoms with E-state index in [1.165, 1.54) is 0 Å². The second-order valence-corrected chi connectivity index (χ2v) is 5.88. The maximum atomic E-state index is 10.6. The largest absolute Gasteiger partial charge is 0.480 e. The maximum Gasteiger partial charge on any atom is 0.321 e. The molecular formula is C9H17NO2S. The Morgan fingerprint density at radius 2 is 2.23 bits per heavy atom. The minimum absolute atomic E-state index is 0.262. The molecular weight excluding hydrogens is 186 g/mol. The highest BCUT2D eigenvalue weighted by atomic mass is 32.2. The Hall–Kier alpha value is -0.220. The minimum Gasteiger partial charge on any atom is -0.480 e. The van der Waals surface area contributed by atoms with E-state index in [4.69, 9.17) is 5.11 Å². The quantitative estimate of drug-likeness (QED) is 0.714. The Kier molecular flexibility index (Phi) is 3.24. The number of aliphatic carboxylic acids is 1. The van der Waals surface area contributed by atoms with Crippen LogP contribution in [0.4, 0.5) is 0 Å². The second-order valence-electron chi connectivity index (χ2n) is 4.64. The van der Waals surface area contributed by atoms with Gasteiger partial charge in [0.2, 0.25) is 0 Å². The lowest BCUT2D eigenvalue weighted by Gasteiger charge is -2.22. The molecule has 0 radical (unpaired) electrons. The van der Waals surface area contributed by atoms with Crippen molar-refractivity contribution in [1.82, 2.24) is 5.32 Å². The predicted molar refractivity (Wildman–Crippen MR) is 54.9 cm³/mol. The van der Waals surface area contributed by atoms with Crippen molar-refractivity contribution in [2.75, 3.05) is 5.75 Å². The van der Waals surface area contributed by atoms with Crippen LogP contribution in [0.25, 0.3) is 0 Å². The fourth-order valence-corrected chi connectivity index (χ4v) is 2.89. The number of nitrogens with one attached hydrogen (secondary N) is 1. The van der Waals surface area contributed by atoms with Crippen LogP contribution in [-0.4, -0.2) is 28.2 Å². The zero-order chi connectivity index (χ0) is 10.1. The van der Waals surface area contributed by atoms with Crippen LogP contribution in [0.3, 0.4) is 0 Å². The molecule has 1 rings (SSSR count). The molecule has 0 aromatic carbocycles. The van der Waals surface area contributed by atoms with E-state index in [9.17, 15) is 4.79 Å². The molecule has 3 nitrogen and oxygen atoms in total. The highest BCUT2D eigenvalue weighted by molar-refractivity contribution is 8.00. The van der Waals surface area contributed by atoms with Crippen molar-refractivity contribution in [3.63, 3.8) is 0 Å². The van der Waals surface area contributed by atoms with Crippen LogP contribution in [0, 0.1) is 5.41 Å². The average molecular weight is 203 g/mol. The normalized spacial score (nSPS) is 29.2. The number of carbonyl (C=O) groups is 1. The predicted octanol–water partition coefficient (Wildman–Crippen LogP) is 1.54.